The normalized spacial score (nSPS) is 9.91. The number of hydrogen-bond acceptors (Lipinski definition) is 3. The first kappa shape index (κ1) is 8.14. The van der Waals surface area contributed by atoms with Gasteiger partial charge in [-0.05, 0) is 32.0 Å². The predicted molar refractivity (Wildman–Crippen MR) is 44.3 cm³/mol. The van der Waals surface area contributed by atoms with Crippen molar-refractivity contribution in [2.75, 3.05) is 13.6 Å². The summed E-state index contributed by atoms with van der Waals surface area (Å²) in [4.78, 5) is 7.86. The summed E-state index contributed by atoms with van der Waals surface area (Å²) in [6, 6.07) is 0. The van der Waals surface area contributed by atoms with Crippen LogP contribution >= 0.6 is 0 Å². The van der Waals surface area contributed by atoms with Gasteiger partial charge in [0.25, 0.3) is 0 Å². The van der Waals surface area contributed by atoms with Crippen LogP contribution in [0.3, 0.4) is 0 Å². The second-order valence-electron chi connectivity index (χ2n) is 2.45. The lowest BCUT2D eigenvalue weighted by molar-refractivity contribution is 0.721. The second-order valence-corrected chi connectivity index (χ2v) is 2.45. The number of aryl methyl sites for hydroxylation is 1. The van der Waals surface area contributed by atoms with E-state index in [1.807, 2.05) is 19.4 Å². The molecule has 11 heavy (non-hydrogen) atoms. The maximum absolute atomic E-state index is 3.93. The Bertz CT molecular complexity index is 186. The van der Waals surface area contributed by atoms with E-state index in [0.717, 1.165) is 19.4 Å². The highest BCUT2D eigenvalue weighted by Crippen LogP contribution is 1.96. The summed E-state index contributed by atoms with van der Waals surface area (Å²) in [5.74, 6) is 0. The third-order valence-corrected chi connectivity index (χ3v) is 1.51. The maximum atomic E-state index is 3.93. The molecule has 1 heterocycles. The maximum Gasteiger partial charge on any atom is 0.115 e. The summed E-state index contributed by atoms with van der Waals surface area (Å²) in [6.45, 7) is 1.05. The van der Waals surface area contributed by atoms with Gasteiger partial charge in [-0.15, -0.1) is 0 Å². The Morgan fingerprint density at radius 2 is 2.09 bits per heavy atom. The van der Waals surface area contributed by atoms with Gasteiger partial charge in [0.05, 0.1) is 0 Å². The zero-order valence-electron chi connectivity index (χ0n) is 6.75. The number of rotatable bonds is 4. The van der Waals surface area contributed by atoms with Crippen LogP contribution in [0.5, 0.6) is 0 Å². The van der Waals surface area contributed by atoms with E-state index in [4.69, 9.17) is 0 Å². The lowest BCUT2D eigenvalue weighted by atomic mass is 10.2. The van der Waals surface area contributed by atoms with Gasteiger partial charge in [0.1, 0.15) is 6.33 Å². The molecular formula is C8H13N3. The molecular weight excluding hydrogens is 138 g/mol. The number of hydrogen-bond donors (Lipinski definition) is 1. The van der Waals surface area contributed by atoms with E-state index in [2.05, 4.69) is 15.3 Å². The van der Waals surface area contributed by atoms with Crippen molar-refractivity contribution in [1.82, 2.24) is 15.3 Å². The third kappa shape index (κ3) is 3.09. The topological polar surface area (TPSA) is 37.8 Å². The molecule has 0 saturated heterocycles. The standard InChI is InChI=1S/C8H13N3/c1-9-4-2-3-8-5-10-7-11-6-8/h5-7,9H,2-4H2,1H3. The molecule has 0 aliphatic heterocycles. The van der Waals surface area contributed by atoms with Gasteiger partial charge in [-0.25, -0.2) is 9.97 Å². The first-order valence-electron chi connectivity index (χ1n) is 3.82. The molecule has 1 N–H and O–H groups in total. The van der Waals surface area contributed by atoms with E-state index in [1.165, 1.54) is 5.56 Å². The largest absolute Gasteiger partial charge is 0.320 e. The summed E-state index contributed by atoms with van der Waals surface area (Å²) in [5, 5.41) is 3.10. The highest BCUT2D eigenvalue weighted by molar-refractivity contribution is 5.01. The molecule has 3 nitrogen and oxygen atoms in total. The molecule has 0 spiro atoms. The molecule has 0 aromatic carbocycles. The fraction of sp³-hybridized carbons (Fsp3) is 0.500. The Labute approximate surface area is 66.9 Å². The molecule has 0 aliphatic rings. The first-order valence-corrected chi connectivity index (χ1v) is 3.82. The van der Waals surface area contributed by atoms with Crippen LogP contribution in [0.1, 0.15) is 12.0 Å². The molecule has 0 bridgehead atoms. The average Bonchev–Trinajstić information content (AvgIpc) is 2.07. The van der Waals surface area contributed by atoms with E-state index in [0.29, 0.717) is 0 Å². The molecule has 0 fully saturated rings. The molecule has 0 amide bonds. The summed E-state index contributed by atoms with van der Waals surface area (Å²) < 4.78 is 0. The quantitative estimate of drug-likeness (QED) is 0.641. The smallest absolute Gasteiger partial charge is 0.115 e. The fourth-order valence-corrected chi connectivity index (χ4v) is 0.928. The monoisotopic (exact) mass is 151 g/mol. The molecule has 0 saturated carbocycles. The molecule has 0 aliphatic carbocycles. The van der Waals surface area contributed by atoms with Crippen molar-refractivity contribution in [3.05, 3.63) is 24.3 Å². The zero-order valence-corrected chi connectivity index (χ0v) is 6.75. The van der Waals surface area contributed by atoms with Gasteiger partial charge >= 0.3 is 0 Å². The van der Waals surface area contributed by atoms with Gasteiger partial charge in [0.15, 0.2) is 0 Å². The highest BCUT2D eigenvalue weighted by Gasteiger charge is 1.90. The van der Waals surface area contributed by atoms with Crippen LogP contribution in [0, 0.1) is 0 Å². The SMILES string of the molecule is CNCCCc1cncnc1. The van der Waals surface area contributed by atoms with Gasteiger partial charge in [-0.3, -0.25) is 0 Å². The van der Waals surface area contributed by atoms with Crippen molar-refractivity contribution >= 4 is 0 Å². The summed E-state index contributed by atoms with van der Waals surface area (Å²) >= 11 is 0. The Morgan fingerprint density at radius 1 is 1.36 bits per heavy atom. The van der Waals surface area contributed by atoms with Crippen molar-refractivity contribution in [2.24, 2.45) is 0 Å². The molecule has 0 unspecified atom stereocenters. The molecule has 1 aromatic rings. The lowest BCUT2D eigenvalue weighted by Crippen LogP contribution is -2.08. The molecule has 3 heteroatoms. The van der Waals surface area contributed by atoms with Crippen LogP contribution in [0.4, 0.5) is 0 Å². The predicted octanol–water partition coefficient (Wildman–Crippen LogP) is 0.629. The fourth-order valence-electron chi connectivity index (χ4n) is 0.928. The van der Waals surface area contributed by atoms with Crippen LogP contribution < -0.4 is 5.32 Å². The summed E-state index contributed by atoms with van der Waals surface area (Å²) in [6.07, 6.45) is 7.48. The Balaban J connectivity index is 2.28. The van der Waals surface area contributed by atoms with E-state index >= 15 is 0 Å². The molecule has 0 radical (unpaired) electrons. The van der Waals surface area contributed by atoms with Gasteiger partial charge < -0.3 is 5.32 Å². The highest BCUT2D eigenvalue weighted by atomic mass is 14.8. The zero-order chi connectivity index (χ0) is 7.94. The van der Waals surface area contributed by atoms with Gasteiger partial charge in [0, 0.05) is 12.4 Å². The van der Waals surface area contributed by atoms with Crippen molar-refractivity contribution in [2.45, 2.75) is 12.8 Å². The molecule has 1 aromatic heterocycles. The third-order valence-electron chi connectivity index (χ3n) is 1.51. The van der Waals surface area contributed by atoms with Gasteiger partial charge in [0.2, 0.25) is 0 Å². The molecule has 1 rings (SSSR count). The number of aromatic nitrogens is 2. The van der Waals surface area contributed by atoms with Crippen molar-refractivity contribution in [3.63, 3.8) is 0 Å². The second kappa shape index (κ2) is 4.79. The van der Waals surface area contributed by atoms with Crippen LogP contribution in [0.2, 0.25) is 0 Å². The average molecular weight is 151 g/mol. The summed E-state index contributed by atoms with van der Waals surface area (Å²) in [7, 11) is 1.96. The minimum atomic E-state index is 1.05. The Hall–Kier alpha value is -0.960. The lowest BCUT2D eigenvalue weighted by Gasteiger charge is -1.98. The minimum absolute atomic E-state index is 1.05. The van der Waals surface area contributed by atoms with Gasteiger partial charge in [-0.2, -0.15) is 0 Å². The van der Waals surface area contributed by atoms with E-state index in [1.54, 1.807) is 6.33 Å². The van der Waals surface area contributed by atoms with Crippen LogP contribution in [-0.2, 0) is 6.42 Å². The van der Waals surface area contributed by atoms with Crippen molar-refractivity contribution in [3.8, 4) is 0 Å². The Morgan fingerprint density at radius 3 is 2.73 bits per heavy atom. The summed E-state index contributed by atoms with van der Waals surface area (Å²) in [5.41, 5.74) is 1.21. The van der Waals surface area contributed by atoms with Gasteiger partial charge in [-0.1, -0.05) is 0 Å². The van der Waals surface area contributed by atoms with E-state index < -0.39 is 0 Å². The molecule has 60 valence electrons. The van der Waals surface area contributed by atoms with E-state index in [-0.39, 0.29) is 0 Å². The Kier molecular flexibility index (Phi) is 3.55. The van der Waals surface area contributed by atoms with Crippen molar-refractivity contribution in [1.29, 1.82) is 0 Å². The van der Waals surface area contributed by atoms with Crippen LogP contribution in [-0.4, -0.2) is 23.6 Å². The molecule has 0 atom stereocenters. The first-order chi connectivity index (χ1) is 5.43. The number of nitrogens with zero attached hydrogens (tertiary/aromatic N) is 2. The van der Waals surface area contributed by atoms with Crippen molar-refractivity contribution < 1.29 is 0 Å². The number of nitrogens with one attached hydrogen (secondary N) is 1. The van der Waals surface area contributed by atoms with Crippen LogP contribution in [0.15, 0.2) is 18.7 Å². The van der Waals surface area contributed by atoms with Crippen LogP contribution in [0.25, 0.3) is 0 Å². The minimum Gasteiger partial charge on any atom is -0.320 e. The van der Waals surface area contributed by atoms with E-state index in [9.17, 15) is 0 Å².